The lowest BCUT2D eigenvalue weighted by molar-refractivity contribution is -0.120. The fourth-order valence-corrected chi connectivity index (χ4v) is 1.96. The van der Waals surface area contributed by atoms with Crippen LogP contribution in [-0.4, -0.2) is 16.4 Å². The molecule has 5 nitrogen and oxygen atoms in total. The lowest BCUT2D eigenvalue weighted by atomic mass is 9.99. The van der Waals surface area contributed by atoms with Gasteiger partial charge in [-0.25, -0.2) is 4.98 Å². The summed E-state index contributed by atoms with van der Waals surface area (Å²) in [6, 6.07) is 5.48. The maximum Gasteiger partial charge on any atom is 0.244 e. The van der Waals surface area contributed by atoms with Crippen molar-refractivity contribution in [2.24, 2.45) is 5.73 Å². The summed E-state index contributed by atoms with van der Waals surface area (Å²) in [5.74, 6) is 1.10. The van der Waals surface area contributed by atoms with Crippen molar-refractivity contribution in [2.75, 3.05) is 5.32 Å². The number of rotatable bonds is 4. The van der Waals surface area contributed by atoms with Crippen molar-refractivity contribution in [3.8, 4) is 0 Å². The van der Waals surface area contributed by atoms with E-state index in [0.717, 1.165) is 29.8 Å². The summed E-state index contributed by atoms with van der Waals surface area (Å²) in [6.07, 6.45) is 2.88. The molecule has 0 spiro atoms. The molecule has 1 heterocycles. The molecule has 0 radical (unpaired) electrons. The summed E-state index contributed by atoms with van der Waals surface area (Å²) in [5.41, 5.74) is 7.30. The minimum absolute atomic E-state index is 0.190. The number of anilines is 1. The Bertz CT molecular complexity index is 656. The second-order valence-electron chi connectivity index (χ2n) is 5.73. The Morgan fingerprint density at radius 1 is 1.55 bits per heavy atom. The number of nitrogens with two attached hydrogens (primary N) is 1. The van der Waals surface area contributed by atoms with Crippen LogP contribution in [0.25, 0.3) is 11.1 Å². The Hall–Kier alpha value is -1.88. The number of fused-ring (bicyclic) bond motifs is 1. The van der Waals surface area contributed by atoms with Crippen LogP contribution in [0.2, 0.25) is 0 Å². The molecule has 5 heteroatoms. The van der Waals surface area contributed by atoms with Crippen LogP contribution >= 0.6 is 0 Å². The molecule has 1 aliphatic rings. The van der Waals surface area contributed by atoms with Crippen molar-refractivity contribution < 1.29 is 9.21 Å². The number of oxazole rings is 1. The van der Waals surface area contributed by atoms with E-state index in [1.165, 1.54) is 0 Å². The maximum atomic E-state index is 12.0. The number of nitrogens with one attached hydrogen (secondary N) is 1. The number of carbonyl (C=O) groups is 1. The molecule has 20 heavy (non-hydrogen) atoms. The van der Waals surface area contributed by atoms with Crippen LogP contribution in [0.5, 0.6) is 0 Å². The molecule has 1 aliphatic carbocycles. The number of carbonyl (C=O) groups excluding carboxylic acids is 1. The van der Waals surface area contributed by atoms with Crippen LogP contribution < -0.4 is 11.1 Å². The Balaban J connectivity index is 1.83. The molecule has 1 saturated carbocycles. The van der Waals surface area contributed by atoms with Crippen molar-refractivity contribution in [1.82, 2.24) is 4.98 Å². The van der Waals surface area contributed by atoms with Gasteiger partial charge in [0.15, 0.2) is 11.5 Å². The Kier molecular flexibility index (Phi) is 3.01. The van der Waals surface area contributed by atoms with Gasteiger partial charge in [0.25, 0.3) is 0 Å². The topological polar surface area (TPSA) is 81.2 Å². The highest BCUT2D eigenvalue weighted by Gasteiger charge is 2.29. The number of nitrogens with zero attached hydrogens (tertiary/aromatic N) is 1. The number of benzene rings is 1. The average molecular weight is 273 g/mol. The van der Waals surface area contributed by atoms with Gasteiger partial charge in [0.05, 0.1) is 5.54 Å². The van der Waals surface area contributed by atoms with E-state index in [2.05, 4.69) is 10.3 Å². The van der Waals surface area contributed by atoms with E-state index in [0.29, 0.717) is 18.0 Å². The number of hydrogen-bond donors (Lipinski definition) is 2. The molecule has 1 aromatic carbocycles. The van der Waals surface area contributed by atoms with Gasteiger partial charge in [0, 0.05) is 11.6 Å². The molecule has 3 N–H and O–H groups in total. The monoisotopic (exact) mass is 273 g/mol. The van der Waals surface area contributed by atoms with E-state index in [-0.39, 0.29) is 5.91 Å². The maximum absolute atomic E-state index is 12.0. The van der Waals surface area contributed by atoms with Gasteiger partial charge in [-0.1, -0.05) is 6.92 Å². The number of amides is 1. The lowest BCUT2D eigenvalue weighted by Crippen LogP contribution is -2.47. The van der Waals surface area contributed by atoms with E-state index in [1.807, 2.05) is 25.1 Å². The largest absolute Gasteiger partial charge is 0.440 e. The lowest BCUT2D eigenvalue weighted by Gasteiger charge is -2.21. The Morgan fingerprint density at radius 3 is 2.95 bits per heavy atom. The highest BCUT2D eigenvalue weighted by atomic mass is 16.3. The zero-order valence-corrected chi connectivity index (χ0v) is 11.8. The summed E-state index contributed by atoms with van der Waals surface area (Å²) >= 11 is 0. The zero-order valence-electron chi connectivity index (χ0n) is 11.8. The van der Waals surface area contributed by atoms with Crippen LogP contribution in [0, 0.1) is 0 Å². The first kappa shape index (κ1) is 13.1. The molecule has 0 bridgehead atoms. The van der Waals surface area contributed by atoms with Crippen LogP contribution in [0.15, 0.2) is 22.6 Å². The summed E-state index contributed by atoms with van der Waals surface area (Å²) in [4.78, 5) is 16.5. The summed E-state index contributed by atoms with van der Waals surface area (Å²) in [7, 11) is 0. The van der Waals surface area contributed by atoms with E-state index in [1.54, 1.807) is 6.92 Å². The van der Waals surface area contributed by atoms with E-state index in [9.17, 15) is 4.79 Å². The van der Waals surface area contributed by atoms with Gasteiger partial charge < -0.3 is 15.5 Å². The van der Waals surface area contributed by atoms with E-state index < -0.39 is 5.54 Å². The van der Waals surface area contributed by atoms with Crippen molar-refractivity contribution in [3.05, 3.63) is 24.1 Å². The first-order valence-electron chi connectivity index (χ1n) is 7.00. The van der Waals surface area contributed by atoms with Crippen molar-refractivity contribution >= 4 is 22.7 Å². The third kappa shape index (κ3) is 2.41. The molecular weight excluding hydrogens is 254 g/mol. The smallest absolute Gasteiger partial charge is 0.244 e. The molecular formula is C15H19N3O2. The molecule has 1 aromatic heterocycles. The Morgan fingerprint density at radius 2 is 2.30 bits per heavy atom. The number of hydrogen-bond acceptors (Lipinski definition) is 4. The molecule has 3 rings (SSSR count). The molecule has 1 atom stereocenters. The number of aromatic nitrogens is 1. The molecule has 1 fully saturated rings. The van der Waals surface area contributed by atoms with E-state index >= 15 is 0 Å². The van der Waals surface area contributed by atoms with Crippen LogP contribution in [-0.2, 0) is 4.79 Å². The van der Waals surface area contributed by atoms with Crippen LogP contribution in [0.1, 0.15) is 44.9 Å². The second kappa shape index (κ2) is 4.59. The van der Waals surface area contributed by atoms with Gasteiger partial charge in [-0.05, 0) is 44.4 Å². The third-order valence-electron chi connectivity index (χ3n) is 3.84. The molecule has 0 aliphatic heterocycles. The molecule has 1 unspecified atom stereocenters. The van der Waals surface area contributed by atoms with Crippen LogP contribution in [0.4, 0.5) is 5.69 Å². The third-order valence-corrected chi connectivity index (χ3v) is 3.84. The predicted octanol–water partition coefficient (Wildman–Crippen LogP) is 2.77. The van der Waals surface area contributed by atoms with Crippen molar-refractivity contribution in [1.29, 1.82) is 0 Å². The Labute approximate surface area is 117 Å². The summed E-state index contributed by atoms with van der Waals surface area (Å²) in [6.45, 7) is 3.62. The molecule has 2 aromatic rings. The highest BCUT2D eigenvalue weighted by molar-refractivity contribution is 5.98. The van der Waals surface area contributed by atoms with Gasteiger partial charge in [0.2, 0.25) is 5.91 Å². The van der Waals surface area contributed by atoms with Gasteiger partial charge in [-0.2, -0.15) is 0 Å². The standard InChI is InChI=1S/C15H19N3O2/c1-3-15(2,16)14(19)17-10-6-7-12-11(8-10)18-13(20-12)9-4-5-9/h6-9H,3-5,16H2,1-2H3,(H,17,19). The highest BCUT2D eigenvalue weighted by Crippen LogP contribution is 2.40. The zero-order chi connectivity index (χ0) is 14.3. The molecule has 0 saturated heterocycles. The fraction of sp³-hybridized carbons (Fsp3) is 0.467. The van der Waals surface area contributed by atoms with Gasteiger partial charge in [-0.3, -0.25) is 4.79 Å². The molecule has 1 amide bonds. The predicted molar refractivity (Wildman–Crippen MR) is 77.5 cm³/mol. The SMILES string of the molecule is CCC(C)(N)C(=O)Nc1ccc2oc(C3CC3)nc2c1. The minimum Gasteiger partial charge on any atom is -0.440 e. The van der Waals surface area contributed by atoms with Crippen LogP contribution in [0.3, 0.4) is 0 Å². The normalized spacial score (nSPS) is 17.9. The van der Waals surface area contributed by atoms with Gasteiger partial charge in [-0.15, -0.1) is 0 Å². The first-order valence-corrected chi connectivity index (χ1v) is 7.00. The minimum atomic E-state index is -0.863. The first-order chi connectivity index (χ1) is 9.49. The summed E-state index contributed by atoms with van der Waals surface area (Å²) < 4.78 is 5.69. The average Bonchev–Trinajstić information content (AvgIpc) is 3.18. The quantitative estimate of drug-likeness (QED) is 0.897. The second-order valence-corrected chi connectivity index (χ2v) is 5.73. The van der Waals surface area contributed by atoms with Crippen molar-refractivity contribution in [2.45, 2.75) is 44.6 Å². The van der Waals surface area contributed by atoms with Gasteiger partial charge in [0.1, 0.15) is 5.52 Å². The van der Waals surface area contributed by atoms with Crippen molar-refractivity contribution in [3.63, 3.8) is 0 Å². The van der Waals surface area contributed by atoms with Gasteiger partial charge >= 0.3 is 0 Å². The van der Waals surface area contributed by atoms with E-state index in [4.69, 9.17) is 10.2 Å². The fourth-order valence-electron chi connectivity index (χ4n) is 1.96. The molecule has 106 valence electrons. The summed E-state index contributed by atoms with van der Waals surface area (Å²) in [5, 5.41) is 2.83.